The van der Waals surface area contributed by atoms with E-state index in [0.29, 0.717) is 12.1 Å². The molecule has 0 aliphatic carbocycles. The maximum absolute atomic E-state index is 4.50. The largest absolute Gasteiger partial charge is 0.333 e. The van der Waals surface area contributed by atoms with Crippen LogP contribution >= 0.6 is 0 Å². The molecular weight excluding hydrogens is 174 g/mol. The van der Waals surface area contributed by atoms with Crippen LogP contribution in [0.3, 0.4) is 0 Å². The average Bonchev–Trinajstić information content (AvgIpc) is 2.42. The summed E-state index contributed by atoms with van der Waals surface area (Å²) in [5, 5.41) is 3.58. The Bertz CT molecular complexity index is 314. The molecule has 2 heterocycles. The first-order valence-electron chi connectivity index (χ1n) is 5.44. The third kappa shape index (κ3) is 1.98. The highest BCUT2D eigenvalue weighted by molar-refractivity contribution is 5.05. The average molecular weight is 193 g/mol. The van der Waals surface area contributed by atoms with Crippen molar-refractivity contribution in [2.75, 3.05) is 0 Å². The van der Waals surface area contributed by atoms with Crippen molar-refractivity contribution < 1.29 is 0 Å². The minimum Gasteiger partial charge on any atom is -0.333 e. The smallest absolute Gasteiger partial charge is 0.109 e. The first-order chi connectivity index (χ1) is 6.65. The summed E-state index contributed by atoms with van der Waals surface area (Å²) in [6, 6.07) is 1.20. The number of aryl methyl sites for hydroxylation is 2. The van der Waals surface area contributed by atoms with Gasteiger partial charge in [0.2, 0.25) is 0 Å². The zero-order valence-corrected chi connectivity index (χ0v) is 9.25. The van der Waals surface area contributed by atoms with Crippen LogP contribution < -0.4 is 5.32 Å². The summed E-state index contributed by atoms with van der Waals surface area (Å²) in [4.78, 5) is 4.50. The van der Waals surface area contributed by atoms with Crippen LogP contribution in [0.15, 0.2) is 6.20 Å². The van der Waals surface area contributed by atoms with Gasteiger partial charge in [-0.3, -0.25) is 0 Å². The Kier molecular flexibility index (Phi) is 2.59. The van der Waals surface area contributed by atoms with Gasteiger partial charge in [0.15, 0.2) is 0 Å². The highest BCUT2D eigenvalue weighted by Crippen LogP contribution is 2.15. The Labute approximate surface area is 85.5 Å². The van der Waals surface area contributed by atoms with Crippen molar-refractivity contribution >= 4 is 0 Å². The third-order valence-corrected chi connectivity index (χ3v) is 2.68. The van der Waals surface area contributed by atoms with Crippen LogP contribution in [0.5, 0.6) is 0 Å². The van der Waals surface area contributed by atoms with Gasteiger partial charge in [-0.15, -0.1) is 0 Å². The van der Waals surface area contributed by atoms with Crippen molar-refractivity contribution in [1.29, 1.82) is 0 Å². The zero-order chi connectivity index (χ0) is 10.1. The SMILES string of the molecule is Cc1cn2c(n1)CCC(NC(C)C)C2. The molecule has 3 heteroatoms. The molecule has 1 aliphatic rings. The molecule has 1 aromatic rings. The Morgan fingerprint density at radius 1 is 1.57 bits per heavy atom. The van der Waals surface area contributed by atoms with E-state index in [1.165, 1.54) is 12.2 Å². The van der Waals surface area contributed by atoms with Crippen LogP contribution in [0.4, 0.5) is 0 Å². The van der Waals surface area contributed by atoms with E-state index in [1.54, 1.807) is 0 Å². The van der Waals surface area contributed by atoms with Crippen molar-refractivity contribution in [2.24, 2.45) is 0 Å². The Balaban J connectivity index is 2.05. The van der Waals surface area contributed by atoms with Crippen molar-refractivity contribution in [1.82, 2.24) is 14.9 Å². The third-order valence-electron chi connectivity index (χ3n) is 2.68. The fraction of sp³-hybridized carbons (Fsp3) is 0.727. The maximum atomic E-state index is 4.50. The van der Waals surface area contributed by atoms with Crippen molar-refractivity contribution in [3.63, 3.8) is 0 Å². The van der Waals surface area contributed by atoms with Crippen LogP contribution in [-0.2, 0) is 13.0 Å². The molecule has 78 valence electrons. The summed E-state index contributed by atoms with van der Waals surface area (Å²) in [6.07, 6.45) is 4.48. The minimum absolute atomic E-state index is 0.575. The number of rotatable bonds is 2. The molecule has 0 spiro atoms. The number of hydrogen-bond donors (Lipinski definition) is 1. The van der Waals surface area contributed by atoms with Crippen LogP contribution in [0.1, 0.15) is 31.8 Å². The highest BCUT2D eigenvalue weighted by Gasteiger charge is 2.19. The lowest BCUT2D eigenvalue weighted by Crippen LogP contribution is -2.40. The monoisotopic (exact) mass is 193 g/mol. The van der Waals surface area contributed by atoms with Gasteiger partial charge in [0.25, 0.3) is 0 Å². The molecule has 3 nitrogen and oxygen atoms in total. The molecule has 0 saturated carbocycles. The van der Waals surface area contributed by atoms with E-state index >= 15 is 0 Å². The van der Waals surface area contributed by atoms with E-state index in [-0.39, 0.29) is 0 Å². The van der Waals surface area contributed by atoms with Crippen molar-refractivity contribution in [2.45, 2.75) is 52.2 Å². The van der Waals surface area contributed by atoms with Crippen LogP contribution in [0, 0.1) is 6.92 Å². The number of nitrogens with one attached hydrogen (secondary N) is 1. The molecule has 0 saturated heterocycles. The summed E-state index contributed by atoms with van der Waals surface area (Å²) in [7, 11) is 0. The van der Waals surface area contributed by atoms with Gasteiger partial charge in [-0.25, -0.2) is 4.98 Å². The van der Waals surface area contributed by atoms with Crippen molar-refractivity contribution in [3.8, 4) is 0 Å². The normalized spacial score (nSPS) is 21.3. The first kappa shape index (κ1) is 9.71. The first-order valence-corrected chi connectivity index (χ1v) is 5.44. The zero-order valence-electron chi connectivity index (χ0n) is 9.25. The van der Waals surface area contributed by atoms with Gasteiger partial charge in [0.1, 0.15) is 5.82 Å². The van der Waals surface area contributed by atoms with Gasteiger partial charge in [-0.1, -0.05) is 13.8 Å². The Hall–Kier alpha value is -0.830. The van der Waals surface area contributed by atoms with E-state index in [0.717, 1.165) is 18.7 Å². The second-order valence-electron chi connectivity index (χ2n) is 4.51. The van der Waals surface area contributed by atoms with Gasteiger partial charge >= 0.3 is 0 Å². The van der Waals surface area contributed by atoms with Crippen molar-refractivity contribution in [3.05, 3.63) is 17.7 Å². The lowest BCUT2D eigenvalue weighted by molar-refractivity contribution is 0.357. The van der Waals surface area contributed by atoms with Gasteiger partial charge < -0.3 is 9.88 Å². The molecule has 0 bridgehead atoms. The molecule has 14 heavy (non-hydrogen) atoms. The summed E-state index contributed by atoms with van der Waals surface area (Å²) >= 11 is 0. The molecule has 1 N–H and O–H groups in total. The predicted octanol–water partition coefficient (Wildman–Crippen LogP) is 1.50. The van der Waals surface area contributed by atoms with Crippen LogP contribution in [0.25, 0.3) is 0 Å². The lowest BCUT2D eigenvalue weighted by atomic mass is 10.1. The van der Waals surface area contributed by atoms with Gasteiger partial charge in [0.05, 0.1) is 5.69 Å². The summed E-state index contributed by atoms with van der Waals surface area (Å²) < 4.78 is 2.29. The molecule has 0 radical (unpaired) electrons. The lowest BCUT2D eigenvalue weighted by Gasteiger charge is -2.26. The van der Waals surface area contributed by atoms with E-state index in [1.807, 2.05) is 0 Å². The maximum Gasteiger partial charge on any atom is 0.109 e. The molecular formula is C11H19N3. The number of fused-ring (bicyclic) bond motifs is 1. The van der Waals surface area contributed by atoms with E-state index in [2.05, 4.69) is 41.8 Å². The minimum atomic E-state index is 0.575. The van der Waals surface area contributed by atoms with Gasteiger partial charge in [0, 0.05) is 31.2 Å². The number of aromatic nitrogens is 2. The summed E-state index contributed by atoms with van der Waals surface area (Å²) in [5.74, 6) is 1.25. The summed E-state index contributed by atoms with van der Waals surface area (Å²) in [5.41, 5.74) is 1.14. The van der Waals surface area contributed by atoms with Crippen LogP contribution in [0.2, 0.25) is 0 Å². The molecule has 2 rings (SSSR count). The van der Waals surface area contributed by atoms with Gasteiger partial charge in [-0.05, 0) is 13.3 Å². The van der Waals surface area contributed by atoms with E-state index in [4.69, 9.17) is 0 Å². The quantitative estimate of drug-likeness (QED) is 0.771. The fourth-order valence-corrected chi connectivity index (χ4v) is 2.19. The highest BCUT2D eigenvalue weighted by atomic mass is 15.1. The molecule has 0 fully saturated rings. The fourth-order valence-electron chi connectivity index (χ4n) is 2.19. The van der Waals surface area contributed by atoms with Gasteiger partial charge in [-0.2, -0.15) is 0 Å². The molecule has 1 aliphatic heterocycles. The van der Waals surface area contributed by atoms with Crippen LogP contribution in [-0.4, -0.2) is 21.6 Å². The topological polar surface area (TPSA) is 29.9 Å². The molecule has 0 amide bonds. The predicted molar refractivity (Wildman–Crippen MR) is 57.3 cm³/mol. The standard InChI is InChI=1S/C11H19N3/c1-8(2)12-10-4-5-11-13-9(3)6-14(11)7-10/h6,8,10,12H,4-5,7H2,1-3H3. The molecule has 0 aromatic carbocycles. The molecule has 1 unspecified atom stereocenters. The second kappa shape index (κ2) is 3.73. The van der Waals surface area contributed by atoms with E-state index in [9.17, 15) is 0 Å². The summed E-state index contributed by atoms with van der Waals surface area (Å²) in [6.45, 7) is 7.55. The number of imidazole rings is 1. The molecule has 1 aromatic heterocycles. The van der Waals surface area contributed by atoms with E-state index < -0.39 is 0 Å². The number of hydrogen-bond acceptors (Lipinski definition) is 2. The number of nitrogens with zero attached hydrogens (tertiary/aromatic N) is 2. The Morgan fingerprint density at radius 3 is 3.07 bits per heavy atom. The second-order valence-corrected chi connectivity index (χ2v) is 4.51. The molecule has 1 atom stereocenters. The Morgan fingerprint density at radius 2 is 2.36 bits per heavy atom.